The van der Waals surface area contributed by atoms with Gasteiger partial charge in [0.2, 0.25) is 5.82 Å². The highest BCUT2D eigenvalue weighted by atomic mass is 19.2. The average molecular weight is 280 g/mol. The summed E-state index contributed by atoms with van der Waals surface area (Å²) in [5.74, 6) is -12.5. The van der Waals surface area contributed by atoms with Crippen molar-refractivity contribution in [3.8, 4) is 0 Å². The third-order valence-corrected chi connectivity index (χ3v) is 2.99. The molecule has 7 heteroatoms. The summed E-state index contributed by atoms with van der Waals surface area (Å²) in [5, 5.41) is 0. The zero-order valence-electron chi connectivity index (χ0n) is 9.61. The molecule has 1 saturated carbocycles. The molecule has 0 N–H and O–H groups in total. The first kappa shape index (κ1) is 13.8. The summed E-state index contributed by atoms with van der Waals surface area (Å²) in [4.78, 5) is 11.5. The number of carbonyl (C=O) groups is 1. The Balaban J connectivity index is 2.36. The SMILES string of the molecule is O=C(OC1CCCC1)c1c(F)c(F)c(F)c(F)c1F. The molecule has 0 amide bonds. The minimum absolute atomic E-state index is 0.515. The van der Waals surface area contributed by atoms with E-state index >= 15 is 0 Å². The van der Waals surface area contributed by atoms with Gasteiger partial charge in [0.15, 0.2) is 23.3 Å². The van der Waals surface area contributed by atoms with E-state index in [0.717, 1.165) is 12.8 Å². The van der Waals surface area contributed by atoms with Crippen molar-refractivity contribution in [2.24, 2.45) is 0 Å². The molecule has 104 valence electrons. The predicted octanol–water partition coefficient (Wildman–Crippen LogP) is 3.48. The summed E-state index contributed by atoms with van der Waals surface area (Å²) in [6, 6.07) is 0. The zero-order valence-corrected chi connectivity index (χ0v) is 9.61. The Bertz CT molecular complexity index is 494. The molecule has 19 heavy (non-hydrogen) atoms. The van der Waals surface area contributed by atoms with Gasteiger partial charge in [0.25, 0.3) is 0 Å². The Morgan fingerprint density at radius 2 is 1.26 bits per heavy atom. The second-order valence-electron chi connectivity index (χ2n) is 4.26. The Morgan fingerprint density at radius 1 is 0.842 bits per heavy atom. The largest absolute Gasteiger partial charge is 0.459 e. The molecule has 0 radical (unpaired) electrons. The topological polar surface area (TPSA) is 26.3 Å². The third kappa shape index (κ3) is 2.41. The lowest BCUT2D eigenvalue weighted by Gasteiger charge is -2.12. The van der Waals surface area contributed by atoms with Gasteiger partial charge in [0.1, 0.15) is 11.7 Å². The van der Waals surface area contributed by atoms with Crippen LogP contribution in [0.3, 0.4) is 0 Å². The highest BCUT2D eigenvalue weighted by Crippen LogP contribution is 2.26. The van der Waals surface area contributed by atoms with Crippen LogP contribution in [-0.4, -0.2) is 12.1 Å². The Morgan fingerprint density at radius 3 is 1.74 bits per heavy atom. The van der Waals surface area contributed by atoms with Crippen LogP contribution in [0.4, 0.5) is 22.0 Å². The summed E-state index contributed by atoms with van der Waals surface area (Å²) in [6.07, 6.45) is 2.06. The summed E-state index contributed by atoms with van der Waals surface area (Å²) >= 11 is 0. The Kier molecular flexibility index (Phi) is 3.73. The molecule has 0 aromatic heterocycles. The van der Waals surface area contributed by atoms with Crippen molar-refractivity contribution < 1.29 is 31.5 Å². The average Bonchev–Trinajstić information content (AvgIpc) is 2.87. The standard InChI is InChI=1S/C12H9F5O2/c13-7-6(8(14)10(16)11(17)9(7)15)12(18)19-5-3-1-2-4-5/h5H,1-4H2. The van der Waals surface area contributed by atoms with Crippen LogP contribution in [0.15, 0.2) is 0 Å². The van der Waals surface area contributed by atoms with Gasteiger partial charge >= 0.3 is 5.97 Å². The first-order valence-corrected chi connectivity index (χ1v) is 5.66. The number of hydrogen-bond donors (Lipinski definition) is 0. The van der Waals surface area contributed by atoms with Gasteiger partial charge in [-0.3, -0.25) is 0 Å². The van der Waals surface area contributed by atoms with E-state index in [0.29, 0.717) is 12.8 Å². The number of carbonyl (C=O) groups excluding carboxylic acids is 1. The van der Waals surface area contributed by atoms with Crippen LogP contribution in [0.1, 0.15) is 36.0 Å². The number of hydrogen-bond acceptors (Lipinski definition) is 2. The van der Waals surface area contributed by atoms with E-state index in [1.807, 2.05) is 0 Å². The van der Waals surface area contributed by atoms with E-state index in [9.17, 15) is 26.7 Å². The molecule has 1 aromatic rings. The van der Waals surface area contributed by atoms with E-state index in [4.69, 9.17) is 4.74 Å². The molecule has 0 saturated heterocycles. The molecule has 2 nitrogen and oxygen atoms in total. The van der Waals surface area contributed by atoms with Crippen LogP contribution >= 0.6 is 0 Å². The van der Waals surface area contributed by atoms with Gasteiger partial charge in [-0.15, -0.1) is 0 Å². The second kappa shape index (κ2) is 5.14. The maximum atomic E-state index is 13.3. The van der Waals surface area contributed by atoms with Gasteiger partial charge in [-0.1, -0.05) is 0 Å². The minimum atomic E-state index is -2.30. The molecule has 0 spiro atoms. The van der Waals surface area contributed by atoms with Gasteiger partial charge in [-0.25, -0.2) is 26.7 Å². The summed E-state index contributed by atoms with van der Waals surface area (Å²) in [7, 11) is 0. The van der Waals surface area contributed by atoms with Crippen LogP contribution < -0.4 is 0 Å². The molecular formula is C12H9F5O2. The number of halogens is 5. The monoisotopic (exact) mass is 280 g/mol. The van der Waals surface area contributed by atoms with Crippen LogP contribution in [0.2, 0.25) is 0 Å². The number of esters is 1. The maximum Gasteiger partial charge on any atom is 0.344 e. The van der Waals surface area contributed by atoms with Gasteiger partial charge < -0.3 is 4.74 Å². The molecule has 1 fully saturated rings. The van der Waals surface area contributed by atoms with E-state index in [-0.39, 0.29) is 0 Å². The number of rotatable bonds is 2. The van der Waals surface area contributed by atoms with Gasteiger partial charge in [0.05, 0.1) is 0 Å². The zero-order chi connectivity index (χ0) is 14.2. The normalized spacial score (nSPS) is 15.8. The Labute approximate surface area is 105 Å². The second-order valence-corrected chi connectivity index (χ2v) is 4.26. The number of ether oxygens (including phenoxy) is 1. The van der Waals surface area contributed by atoms with Crippen molar-refractivity contribution in [3.63, 3.8) is 0 Å². The first-order chi connectivity index (χ1) is 8.93. The lowest BCUT2D eigenvalue weighted by atomic mass is 10.1. The van der Waals surface area contributed by atoms with Crippen LogP contribution in [-0.2, 0) is 4.74 Å². The highest BCUT2D eigenvalue weighted by Gasteiger charge is 2.32. The van der Waals surface area contributed by atoms with Gasteiger partial charge in [-0.05, 0) is 25.7 Å². The van der Waals surface area contributed by atoms with Crippen LogP contribution in [0.25, 0.3) is 0 Å². The minimum Gasteiger partial charge on any atom is -0.459 e. The molecule has 1 aromatic carbocycles. The van der Waals surface area contributed by atoms with E-state index in [1.165, 1.54) is 0 Å². The van der Waals surface area contributed by atoms with Gasteiger partial charge in [-0.2, -0.15) is 0 Å². The third-order valence-electron chi connectivity index (χ3n) is 2.99. The molecule has 0 aliphatic heterocycles. The van der Waals surface area contributed by atoms with Crippen molar-refractivity contribution in [1.29, 1.82) is 0 Å². The van der Waals surface area contributed by atoms with Crippen LogP contribution in [0, 0.1) is 29.1 Å². The molecule has 0 unspecified atom stereocenters. The maximum absolute atomic E-state index is 13.3. The van der Waals surface area contributed by atoms with Crippen molar-refractivity contribution in [3.05, 3.63) is 34.6 Å². The van der Waals surface area contributed by atoms with Crippen molar-refractivity contribution in [1.82, 2.24) is 0 Å². The molecule has 0 atom stereocenters. The lowest BCUT2D eigenvalue weighted by Crippen LogP contribution is -2.19. The molecule has 2 rings (SSSR count). The number of benzene rings is 1. The van der Waals surface area contributed by atoms with E-state index in [2.05, 4.69) is 0 Å². The van der Waals surface area contributed by atoms with Crippen LogP contribution in [0.5, 0.6) is 0 Å². The van der Waals surface area contributed by atoms with Gasteiger partial charge in [0, 0.05) is 0 Å². The quantitative estimate of drug-likeness (QED) is 0.359. The fourth-order valence-electron chi connectivity index (χ4n) is 2.00. The van der Waals surface area contributed by atoms with E-state index in [1.54, 1.807) is 0 Å². The fourth-order valence-corrected chi connectivity index (χ4v) is 2.00. The summed E-state index contributed by atoms with van der Waals surface area (Å²) in [6.45, 7) is 0. The molecule has 1 aliphatic carbocycles. The molecule has 0 heterocycles. The van der Waals surface area contributed by atoms with Crippen molar-refractivity contribution >= 4 is 5.97 Å². The molecular weight excluding hydrogens is 271 g/mol. The van der Waals surface area contributed by atoms with E-state index < -0.39 is 46.7 Å². The summed E-state index contributed by atoms with van der Waals surface area (Å²) in [5.41, 5.74) is -1.54. The summed E-state index contributed by atoms with van der Waals surface area (Å²) < 4.78 is 69.9. The smallest absolute Gasteiger partial charge is 0.344 e. The Hall–Kier alpha value is -1.66. The lowest BCUT2D eigenvalue weighted by molar-refractivity contribution is 0.0303. The molecule has 1 aliphatic rings. The molecule has 0 bridgehead atoms. The first-order valence-electron chi connectivity index (χ1n) is 5.66. The van der Waals surface area contributed by atoms with Crippen molar-refractivity contribution in [2.75, 3.05) is 0 Å². The highest BCUT2D eigenvalue weighted by molar-refractivity contribution is 5.90. The van der Waals surface area contributed by atoms with Crippen molar-refractivity contribution in [2.45, 2.75) is 31.8 Å². The predicted molar refractivity (Wildman–Crippen MR) is 53.9 cm³/mol. The fraction of sp³-hybridized carbons (Fsp3) is 0.417.